The van der Waals surface area contributed by atoms with E-state index < -0.39 is 30.9 Å². The molecule has 2 amide bonds. The molecular weight excluding hydrogens is 256 g/mol. The lowest BCUT2D eigenvalue weighted by Crippen LogP contribution is -2.39. The third-order valence-corrected chi connectivity index (χ3v) is 2.07. The summed E-state index contributed by atoms with van der Waals surface area (Å²) < 4.78 is 0. The van der Waals surface area contributed by atoms with Gasteiger partial charge in [-0.25, -0.2) is 0 Å². The van der Waals surface area contributed by atoms with Crippen LogP contribution in [0.15, 0.2) is 18.2 Å². The summed E-state index contributed by atoms with van der Waals surface area (Å²) in [5, 5.41) is 31.1. The van der Waals surface area contributed by atoms with Crippen molar-refractivity contribution in [3.8, 4) is 11.5 Å². The number of hydrogen-bond acceptors (Lipinski definition) is 5. The van der Waals surface area contributed by atoms with Crippen molar-refractivity contribution in [1.29, 1.82) is 0 Å². The molecule has 0 aliphatic carbocycles. The molecule has 8 heteroatoms. The lowest BCUT2D eigenvalue weighted by Gasteiger charge is -2.07. The van der Waals surface area contributed by atoms with Crippen LogP contribution in [0.3, 0.4) is 0 Å². The second-order valence-electron chi connectivity index (χ2n) is 3.55. The molecule has 0 saturated heterocycles. The Morgan fingerprint density at radius 1 is 1.05 bits per heavy atom. The highest BCUT2D eigenvalue weighted by molar-refractivity contribution is 5.99. The number of nitrogens with one attached hydrogen (secondary N) is 2. The Balaban J connectivity index is 2.53. The molecule has 0 unspecified atom stereocenters. The Bertz CT molecular complexity index is 514. The van der Waals surface area contributed by atoms with Gasteiger partial charge in [-0.15, -0.1) is 0 Å². The highest BCUT2D eigenvalue weighted by Gasteiger charge is 2.13. The zero-order valence-electron chi connectivity index (χ0n) is 9.71. The van der Waals surface area contributed by atoms with E-state index in [9.17, 15) is 24.6 Å². The molecule has 19 heavy (non-hydrogen) atoms. The van der Waals surface area contributed by atoms with E-state index >= 15 is 0 Å². The van der Waals surface area contributed by atoms with E-state index in [-0.39, 0.29) is 17.1 Å². The van der Waals surface area contributed by atoms with Gasteiger partial charge in [-0.05, 0) is 18.2 Å². The number of phenolic OH excluding ortho intramolecular Hbond substituents is 2. The predicted octanol–water partition coefficient (Wildman–Crippen LogP) is -0.972. The first-order chi connectivity index (χ1) is 8.90. The zero-order valence-corrected chi connectivity index (χ0v) is 9.71. The van der Waals surface area contributed by atoms with Gasteiger partial charge in [-0.2, -0.15) is 0 Å². The molecule has 1 rings (SSSR count). The number of carboxylic acid groups (broad SMARTS) is 1. The van der Waals surface area contributed by atoms with E-state index in [1.807, 2.05) is 5.32 Å². The van der Waals surface area contributed by atoms with Crippen molar-refractivity contribution in [2.45, 2.75) is 0 Å². The van der Waals surface area contributed by atoms with E-state index in [2.05, 4.69) is 5.32 Å². The summed E-state index contributed by atoms with van der Waals surface area (Å²) in [6, 6.07) is 3.38. The lowest BCUT2D eigenvalue weighted by atomic mass is 10.2. The van der Waals surface area contributed by atoms with Gasteiger partial charge in [-0.1, -0.05) is 0 Å². The molecule has 102 valence electrons. The largest absolute Gasteiger partial charge is 0.508 e. The van der Waals surface area contributed by atoms with Crippen molar-refractivity contribution in [2.24, 2.45) is 0 Å². The average molecular weight is 268 g/mol. The number of carbonyl (C=O) groups is 3. The summed E-state index contributed by atoms with van der Waals surface area (Å²) in [7, 11) is 0. The number of amides is 2. The van der Waals surface area contributed by atoms with Gasteiger partial charge in [-0.3, -0.25) is 14.4 Å². The molecule has 0 radical (unpaired) electrons. The molecule has 0 aliphatic rings. The number of aromatic hydroxyl groups is 2. The minimum Gasteiger partial charge on any atom is -0.508 e. The third-order valence-electron chi connectivity index (χ3n) is 2.07. The van der Waals surface area contributed by atoms with Crippen LogP contribution in [-0.2, 0) is 9.59 Å². The lowest BCUT2D eigenvalue weighted by molar-refractivity contribution is -0.137. The highest BCUT2D eigenvalue weighted by Crippen LogP contribution is 2.21. The average Bonchev–Trinajstić information content (AvgIpc) is 2.36. The Kier molecular flexibility index (Phi) is 4.69. The standard InChI is InChI=1S/C11H12N2O6/c14-6-1-2-8(15)7(3-6)11(19)13-4-9(16)12-5-10(17)18/h1-3,14-15H,4-5H2,(H,12,16)(H,13,19)(H,17,18). The topological polar surface area (TPSA) is 136 Å². The van der Waals surface area contributed by atoms with E-state index in [1.54, 1.807) is 0 Å². The fraction of sp³-hybridized carbons (Fsp3) is 0.182. The van der Waals surface area contributed by atoms with Gasteiger partial charge >= 0.3 is 5.97 Å². The number of phenols is 2. The molecule has 0 saturated carbocycles. The molecular formula is C11H12N2O6. The maximum absolute atomic E-state index is 11.6. The summed E-state index contributed by atoms with van der Waals surface area (Å²) in [4.78, 5) is 32.9. The molecule has 0 fully saturated rings. The molecule has 0 spiro atoms. The Morgan fingerprint density at radius 3 is 2.37 bits per heavy atom. The summed E-state index contributed by atoms with van der Waals surface area (Å²) in [6.45, 7) is -0.993. The normalized spacial score (nSPS) is 9.68. The van der Waals surface area contributed by atoms with Crippen molar-refractivity contribution < 1.29 is 29.7 Å². The maximum Gasteiger partial charge on any atom is 0.322 e. The predicted molar refractivity (Wildman–Crippen MR) is 62.8 cm³/mol. The first-order valence-corrected chi connectivity index (χ1v) is 5.19. The van der Waals surface area contributed by atoms with Crippen molar-refractivity contribution in [3.05, 3.63) is 23.8 Å². The van der Waals surface area contributed by atoms with Crippen LogP contribution >= 0.6 is 0 Å². The Labute approximate surface area is 107 Å². The van der Waals surface area contributed by atoms with Crippen LogP contribution in [0.4, 0.5) is 0 Å². The first-order valence-electron chi connectivity index (χ1n) is 5.19. The number of carboxylic acids is 1. The smallest absolute Gasteiger partial charge is 0.322 e. The van der Waals surface area contributed by atoms with Crippen molar-refractivity contribution >= 4 is 17.8 Å². The fourth-order valence-electron chi connectivity index (χ4n) is 1.20. The van der Waals surface area contributed by atoms with Crippen LogP contribution < -0.4 is 10.6 Å². The molecule has 0 atom stereocenters. The quantitative estimate of drug-likeness (QED) is 0.436. The number of carbonyl (C=O) groups excluding carboxylic acids is 2. The number of hydrogen-bond donors (Lipinski definition) is 5. The van der Waals surface area contributed by atoms with Crippen LogP contribution in [0.5, 0.6) is 11.5 Å². The van der Waals surface area contributed by atoms with Crippen LogP contribution in [-0.4, -0.2) is 46.2 Å². The summed E-state index contributed by atoms with van der Waals surface area (Å²) in [6.07, 6.45) is 0. The minimum absolute atomic E-state index is 0.189. The molecule has 1 aromatic rings. The van der Waals surface area contributed by atoms with E-state index in [4.69, 9.17) is 5.11 Å². The number of benzene rings is 1. The maximum atomic E-state index is 11.6. The van der Waals surface area contributed by atoms with Crippen LogP contribution in [0, 0.1) is 0 Å². The van der Waals surface area contributed by atoms with Crippen molar-refractivity contribution in [2.75, 3.05) is 13.1 Å². The molecule has 8 nitrogen and oxygen atoms in total. The Morgan fingerprint density at radius 2 is 1.74 bits per heavy atom. The summed E-state index contributed by atoms with van der Waals surface area (Å²) in [5.74, 6) is -3.21. The van der Waals surface area contributed by atoms with Gasteiger partial charge in [0.05, 0.1) is 12.1 Å². The SMILES string of the molecule is O=C(O)CNC(=O)CNC(=O)c1cc(O)ccc1O. The second-order valence-corrected chi connectivity index (χ2v) is 3.55. The van der Waals surface area contributed by atoms with Gasteiger partial charge in [0.15, 0.2) is 0 Å². The van der Waals surface area contributed by atoms with E-state index in [0.29, 0.717) is 0 Å². The van der Waals surface area contributed by atoms with Crippen molar-refractivity contribution in [3.63, 3.8) is 0 Å². The summed E-state index contributed by atoms with van der Waals surface area (Å²) >= 11 is 0. The van der Waals surface area contributed by atoms with Gasteiger partial charge < -0.3 is 26.0 Å². The van der Waals surface area contributed by atoms with E-state index in [0.717, 1.165) is 12.1 Å². The van der Waals surface area contributed by atoms with Crippen molar-refractivity contribution in [1.82, 2.24) is 10.6 Å². The van der Waals surface area contributed by atoms with Gasteiger partial charge in [0, 0.05) is 0 Å². The second kappa shape index (κ2) is 6.24. The summed E-state index contributed by atoms with van der Waals surface area (Å²) in [5.41, 5.74) is -0.189. The first kappa shape index (κ1) is 14.3. The van der Waals surface area contributed by atoms with Crippen LogP contribution in [0.25, 0.3) is 0 Å². The van der Waals surface area contributed by atoms with Gasteiger partial charge in [0.2, 0.25) is 5.91 Å². The highest BCUT2D eigenvalue weighted by atomic mass is 16.4. The number of aliphatic carboxylic acids is 1. The Hall–Kier alpha value is -2.77. The fourth-order valence-corrected chi connectivity index (χ4v) is 1.20. The molecule has 0 aromatic heterocycles. The third kappa shape index (κ3) is 4.54. The minimum atomic E-state index is -1.20. The van der Waals surface area contributed by atoms with Crippen LogP contribution in [0.2, 0.25) is 0 Å². The molecule has 1 aromatic carbocycles. The van der Waals surface area contributed by atoms with E-state index in [1.165, 1.54) is 6.07 Å². The van der Waals surface area contributed by atoms with Crippen LogP contribution in [0.1, 0.15) is 10.4 Å². The zero-order chi connectivity index (χ0) is 14.4. The number of rotatable bonds is 5. The molecule has 0 heterocycles. The molecule has 5 N–H and O–H groups in total. The van der Waals surface area contributed by atoms with Gasteiger partial charge in [0.1, 0.15) is 18.0 Å². The molecule has 0 aliphatic heterocycles. The monoisotopic (exact) mass is 268 g/mol. The van der Waals surface area contributed by atoms with Gasteiger partial charge in [0.25, 0.3) is 5.91 Å². The molecule has 0 bridgehead atoms.